The van der Waals surface area contributed by atoms with Gasteiger partial charge in [0.1, 0.15) is 6.07 Å². The average molecular weight is 249 g/mol. The Morgan fingerprint density at radius 1 is 1.35 bits per heavy atom. The molecule has 0 N–H and O–H groups in total. The minimum atomic E-state index is 0.558. The molecule has 17 heavy (non-hydrogen) atoms. The zero-order valence-electron chi connectivity index (χ0n) is 10.1. The van der Waals surface area contributed by atoms with Crippen LogP contribution in [0.25, 0.3) is 0 Å². The van der Waals surface area contributed by atoms with Gasteiger partial charge in [-0.2, -0.15) is 5.26 Å². The van der Waals surface area contributed by atoms with E-state index in [2.05, 4.69) is 17.9 Å². The Bertz CT molecular complexity index is 436. The highest BCUT2D eigenvalue weighted by atomic mass is 35.5. The van der Waals surface area contributed by atoms with Crippen molar-refractivity contribution in [2.45, 2.75) is 26.2 Å². The molecule has 0 bridgehead atoms. The molecule has 1 saturated heterocycles. The van der Waals surface area contributed by atoms with Crippen molar-refractivity contribution in [1.82, 2.24) is 0 Å². The number of benzene rings is 1. The Morgan fingerprint density at radius 3 is 2.94 bits per heavy atom. The molecule has 2 nitrogen and oxygen atoms in total. The number of rotatable bonds is 1. The lowest BCUT2D eigenvalue weighted by Gasteiger charge is -2.24. The van der Waals surface area contributed by atoms with Crippen molar-refractivity contribution < 1.29 is 0 Å². The molecule has 1 atom stereocenters. The third-order valence-electron chi connectivity index (χ3n) is 3.46. The van der Waals surface area contributed by atoms with E-state index >= 15 is 0 Å². The van der Waals surface area contributed by atoms with Crippen molar-refractivity contribution in [2.24, 2.45) is 5.92 Å². The Labute approximate surface area is 108 Å². The molecule has 1 aliphatic rings. The molecule has 2 rings (SSSR count). The van der Waals surface area contributed by atoms with E-state index in [-0.39, 0.29) is 0 Å². The summed E-state index contributed by atoms with van der Waals surface area (Å²) in [6.45, 7) is 4.35. The predicted octanol–water partition coefficient (Wildman–Crippen LogP) is 3.84. The largest absolute Gasteiger partial charge is 0.370 e. The molecule has 1 heterocycles. The van der Waals surface area contributed by atoms with Crippen LogP contribution in [-0.2, 0) is 0 Å². The minimum Gasteiger partial charge on any atom is -0.370 e. The molecule has 90 valence electrons. The van der Waals surface area contributed by atoms with Gasteiger partial charge in [0.25, 0.3) is 0 Å². The second kappa shape index (κ2) is 5.42. The minimum absolute atomic E-state index is 0.558. The van der Waals surface area contributed by atoms with E-state index in [1.807, 2.05) is 12.1 Å². The summed E-state index contributed by atoms with van der Waals surface area (Å²) in [6, 6.07) is 7.92. The Hall–Kier alpha value is -1.20. The second-order valence-corrected chi connectivity index (χ2v) is 5.18. The number of anilines is 1. The monoisotopic (exact) mass is 248 g/mol. The normalized spacial score (nSPS) is 20.8. The smallest absolute Gasteiger partial charge is 0.103 e. The first-order chi connectivity index (χ1) is 8.22. The maximum absolute atomic E-state index is 9.19. The summed E-state index contributed by atoms with van der Waals surface area (Å²) in [5.41, 5.74) is 1.61. The summed E-state index contributed by atoms with van der Waals surface area (Å²) in [5, 5.41) is 9.75. The molecule has 0 saturated carbocycles. The Kier molecular flexibility index (Phi) is 3.91. The van der Waals surface area contributed by atoms with E-state index in [0.29, 0.717) is 10.6 Å². The lowest BCUT2D eigenvalue weighted by molar-refractivity contribution is 0.521. The van der Waals surface area contributed by atoms with Gasteiger partial charge in [0, 0.05) is 13.1 Å². The van der Waals surface area contributed by atoms with Gasteiger partial charge in [0.05, 0.1) is 16.3 Å². The van der Waals surface area contributed by atoms with Crippen molar-refractivity contribution in [1.29, 1.82) is 5.26 Å². The fourth-order valence-corrected chi connectivity index (χ4v) is 2.60. The molecule has 1 aromatic carbocycles. The molecular weight excluding hydrogens is 232 g/mol. The van der Waals surface area contributed by atoms with E-state index in [1.165, 1.54) is 19.3 Å². The van der Waals surface area contributed by atoms with E-state index in [0.717, 1.165) is 24.7 Å². The molecule has 0 radical (unpaired) electrons. The van der Waals surface area contributed by atoms with Crippen LogP contribution in [0.1, 0.15) is 31.7 Å². The highest BCUT2D eigenvalue weighted by Gasteiger charge is 2.17. The van der Waals surface area contributed by atoms with Crippen LogP contribution < -0.4 is 4.90 Å². The topological polar surface area (TPSA) is 27.0 Å². The van der Waals surface area contributed by atoms with E-state index in [4.69, 9.17) is 11.6 Å². The van der Waals surface area contributed by atoms with Gasteiger partial charge in [0.2, 0.25) is 0 Å². The van der Waals surface area contributed by atoms with Crippen molar-refractivity contribution in [3.63, 3.8) is 0 Å². The predicted molar refractivity (Wildman–Crippen MR) is 71.4 cm³/mol. The van der Waals surface area contributed by atoms with Crippen LogP contribution in [0.5, 0.6) is 0 Å². The number of halogens is 1. The van der Waals surface area contributed by atoms with Crippen molar-refractivity contribution in [3.8, 4) is 6.07 Å². The SMILES string of the molecule is CC1CCCN(c2cccc(Cl)c2C#N)CC1. The third kappa shape index (κ3) is 2.73. The number of hydrogen-bond acceptors (Lipinski definition) is 2. The first-order valence-electron chi connectivity index (χ1n) is 6.16. The molecular formula is C14H17ClN2. The van der Waals surface area contributed by atoms with Gasteiger partial charge < -0.3 is 4.90 Å². The summed E-state index contributed by atoms with van der Waals surface area (Å²) in [5.74, 6) is 0.782. The van der Waals surface area contributed by atoms with Crippen LogP contribution in [0.3, 0.4) is 0 Å². The summed E-state index contributed by atoms with van der Waals surface area (Å²) >= 11 is 6.07. The summed E-state index contributed by atoms with van der Waals surface area (Å²) < 4.78 is 0. The molecule has 0 aromatic heterocycles. The van der Waals surface area contributed by atoms with Gasteiger partial charge in [-0.3, -0.25) is 0 Å². The molecule has 0 aliphatic carbocycles. The fourth-order valence-electron chi connectivity index (χ4n) is 2.39. The lowest BCUT2D eigenvalue weighted by atomic mass is 10.0. The maximum atomic E-state index is 9.19. The van der Waals surface area contributed by atoms with E-state index < -0.39 is 0 Å². The molecule has 3 heteroatoms. The maximum Gasteiger partial charge on any atom is 0.103 e. The standard InChI is InChI=1S/C14H17ClN2/c1-11-4-3-8-17(9-7-11)14-6-2-5-13(15)12(14)10-16/h2,5-6,11H,3-4,7-9H2,1H3. The quantitative estimate of drug-likeness (QED) is 0.755. The number of nitriles is 1. The van der Waals surface area contributed by atoms with E-state index in [9.17, 15) is 5.26 Å². The van der Waals surface area contributed by atoms with Gasteiger partial charge in [-0.25, -0.2) is 0 Å². The molecule has 0 spiro atoms. The first kappa shape index (κ1) is 12.3. The van der Waals surface area contributed by atoms with Crippen molar-refractivity contribution >= 4 is 17.3 Å². The number of nitrogens with zero attached hydrogens (tertiary/aromatic N) is 2. The van der Waals surface area contributed by atoms with Crippen molar-refractivity contribution in [2.75, 3.05) is 18.0 Å². The fraction of sp³-hybridized carbons (Fsp3) is 0.500. The lowest BCUT2D eigenvalue weighted by Crippen LogP contribution is -2.25. The highest BCUT2D eigenvalue weighted by molar-refractivity contribution is 6.32. The van der Waals surface area contributed by atoms with Crippen molar-refractivity contribution in [3.05, 3.63) is 28.8 Å². The van der Waals surface area contributed by atoms with E-state index in [1.54, 1.807) is 6.07 Å². The first-order valence-corrected chi connectivity index (χ1v) is 6.53. The van der Waals surface area contributed by atoms with Crippen LogP contribution in [-0.4, -0.2) is 13.1 Å². The summed E-state index contributed by atoms with van der Waals surface area (Å²) in [7, 11) is 0. The zero-order chi connectivity index (χ0) is 12.3. The molecule has 1 aromatic rings. The molecule has 1 aliphatic heterocycles. The van der Waals surface area contributed by atoms with Crippen LogP contribution in [0, 0.1) is 17.2 Å². The molecule has 0 amide bonds. The number of hydrogen-bond donors (Lipinski definition) is 0. The Morgan fingerprint density at radius 2 is 2.18 bits per heavy atom. The Balaban J connectivity index is 2.28. The second-order valence-electron chi connectivity index (χ2n) is 4.77. The van der Waals surface area contributed by atoms with Gasteiger partial charge in [-0.1, -0.05) is 24.6 Å². The van der Waals surface area contributed by atoms with Gasteiger partial charge in [0.15, 0.2) is 0 Å². The van der Waals surface area contributed by atoms with Crippen LogP contribution in [0.2, 0.25) is 5.02 Å². The summed E-state index contributed by atoms with van der Waals surface area (Å²) in [4.78, 5) is 2.30. The molecule has 1 unspecified atom stereocenters. The van der Waals surface area contributed by atoms with Gasteiger partial charge in [-0.15, -0.1) is 0 Å². The zero-order valence-corrected chi connectivity index (χ0v) is 10.9. The molecule has 1 fully saturated rings. The highest BCUT2D eigenvalue weighted by Crippen LogP contribution is 2.29. The van der Waals surface area contributed by atoms with Crippen LogP contribution in [0.15, 0.2) is 18.2 Å². The van der Waals surface area contributed by atoms with Gasteiger partial charge in [-0.05, 0) is 37.3 Å². The summed E-state index contributed by atoms with van der Waals surface area (Å²) in [6.07, 6.45) is 3.66. The van der Waals surface area contributed by atoms with Gasteiger partial charge >= 0.3 is 0 Å². The van der Waals surface area contributed by atoms with Crippen LogP contribution >= 0.6 is 11.6 Å². The van der Waals surface area contributed by atoms with Crippen LogP contribution in [0.4, 0.5) is 5.69 Å². The third-order valence-corrected chi connectivity index (χ3v) is 3.78. The average Bonchev–Trinajstić information content (AvgIpc) is 2.54.